The molecule has 3 nitrogen and oxygen atoms in total. The van der Waals surface area contributed by atoms with Crippen LogP contribution in [0, 0.1) is 11.3 Å². The smallest absolute Gasteiger partial charge is 0.173 e. The minimum atomic E-state index is -0.399. The van der Waals surface area contributed by atoms with Crippen LogP contribution >= 0.6 is 27.3 Å². The Balaban J connectivity index is 1.99. The van der Waals surface area contributed by atoms with Gasteiger partial charge in [0.05, 0.1) is 22.6 Å². The van der Waals surface area contributed by atoms with Crippen LogP contribution in [0.4, 0.5) is 0 Å². The van der Waals surface area contributed by atoms with Crippen molar-refractivity contribution in [2.45, 2.75) is 25.0 Å². The first-order valence-corrected chi connectivity index (χ1v) is 6.83. The Morgan fingerprint density at radius 1 is 1.38 bits per heavy atom. The monoisotopic (exact) mass is 299 g/mol. The van der Waals surface area contributed by atoms with Gasteiger partial charge in [0, 0.05) is 17.7 Å². The van der Waals surface area contributed by atoms with E-state index in [1.54, 1.807) is 11.3 Å². The van der Waals surface area contributed by atoms with Crippen LogP contribution in [0.3, 0.4) is 0 Å². The van der Waals surface area contributed by atoms with Crippen LogP contribution in [0.25, 0.3) is 0 Å². The van der Waals surface area contributed by atoms with Crippen molar-refractivity contribution in [1.29, 1.82) is 5.26 Å². The third-order valence-electron chi connectivity index (χ3n) is 3.16. The summed E-state index contributed by atoms with van der Waals surface area (Å²) in [7, 11) is 0. The lowest BCUT2D eigenvalue weighted by molar-refractivity contribution is -0.163. The van der Waals surface area contributed by atoms with Gasteiger partial charge in [0.25, 0.3) is 0 Å². The number of hydrogen-bond acceptors (Lipinski definition) is 4. The highest BCUT2D eigenvalue weighted by Gasteiger charge is 2.41. The minimum Gasteiger partial charge on any atom is -0.347 e. The molecule has 0 atom stereocenters. The third-order valence-corrected chi connectivity index (χ3v) is 5.06. The van der Waals surface area contributed by atoms with E-state index in [0.717, 1.165) is 28.6 Å². The van der Waals surface area contributed by atoms with Crippen LogP contribution < -0.4 is 0 Å². The molecule has 1 aromatic rings. The molecule has 84 valence electrons. The molecular weight excluding hydrogens is 290 g/mol. The summed E-state index contributed by atoms with van der Waals surface area (Å²) < 4.78 is 12.4. The fourth-order valence-electron chi connectivity index (χ4n) is 2.39. The lowest BCUT2D eigenvalue weighted by atomic mass is 9.91. The normalized spacial score (nSPS) is 22.0. The van der Waals surface area contributed by atoms with Crippen LogP contribution in [0.2, 0.25) is 0 Å². The van der Waals surface area contributed by atoms with Crippen molar-refractivity contribution in [3.8, 4) is 6.07 Å². The highest BCUT2D eigenvalue weighted by Crippen LogP contribution is 2.42. The molecule has 0 radical (unpaired) electrons. The molecule has 1 aromatic heterocycles. The van der Waals surface area contributed by atoms with Gasteiger partial charge in [-0.3, -0.25) is 0 Å². The SMILES string of the molecule is N#Cc1c(Br)sc2c1CCC1(C2)OCCO1. The number of nitriles is 1. The van der Waals surface area contributed by atoms with Crippen molar-refractivity contribution in [2.24, 2.45) is 0 Å². The van der Waals surface area contributed by atoms with Crippen LogP contribution in [-0.2, 0) is 22.3 Å². The number of nitrogens with zero attached hydrogens (tertiary/aromatic N) is 1. The Hall–Kier alpha value is -0.410. The first kappa shape index (κ1) is 10.7. The zero-order chi connectivity index (χ0) is 11.2. The van der Waals surface area contributed by atoms with Gasteiger partial charge in [0.15, 0.2) is 5.79 Å². The molecular formula is C11H10BrNO2S. The fourth-order valence-corrected chi connectivity index (χ4v) is 4.41. The van der Waals surface area contributed by atoms with E-state index in [-0.39, 0.29) is 0 Å². The summed E-state index contributed by atoms with van der Waals surface area (Å²) in [4.78, 5) is 1.23. The first-order chi connectivity index (χ1) is 7.74. The zero-order valence-electron chi connectivity index (χ0n) is 8.59. The quantitative estimate of drug-likeness (QED) is 0.739. The molecule has 0 N–H and O–H groups in total. The summed E-state index contributed by atoms with van der Waals surface area (Å²) in [5, 5.41) is 9.08. The molecule has 16 heavy (non-hydrogen) atoms. The van der Waals surface area contributed by atoms with E-state index in [1.807, 2.05) is 0 Å². The van der Waals surface area contributed by atoms with Gasteiger partial charge in [-0.15, -0.1) is 11.3 Å². The molecule has 0 bridgehead atoms. The molecule has 0 unspecified atom stereocenters. The Morgan fingerprint density at radius 2 is 2.12 bits per heavy atom. The predicted octanol–water partition coefficient (Wildman–Crippen LogP) is 2.61. The zero-order valence-corrected chi connectivity index (χ0v) is 11.0. The highest BCUT2D eigenvalue weighted by molar-refractivity contribution is 9.11. The number of hydrogen-bond donors (Lipinski definition) is 0. The third kappa shape index (κ3) is 1.52. The van der Waals surface area contributed by atoms with Crippen molar-refractivity contribution in [2.75, 3.05) is 13.2 Å². The first-order valence-electron chi connectivity index (χ1n) is 5.22. The van der Waals surface area contributed by atoms with Crippen LogP contribution in [-0.4, -0.2) is 19.0 Å². The maximum atomic E-state index is 9.08. The highest BCUT2D eigenvalue weighted by atomic mass is 79.9. The lowest BCUT2D eigenvalue weighted by Gasteiger charge is -2.31. The van der Waals surface area contributed by atoms with Gasteiger partial charge < -0.3 is 9.47 Å². The molecule has 1 aliphatic heterocycles. The molecule has 0 aromatic carbocycles. The van der Waals surface area contributed by atoms with Gasteiger partial charge in [0.2, 0.25) is 0 Å². The standard InChI is InChI=1S/C11H10BrNO2S/c12-10-8(6-13)7-1-2-11(5-9(7)16-10)14-3-4-15-11/h1-5H2. The van der Waals surface area contributed by atoms with Gasteiger partial charge in [-0.25, -0.2) is 0 Å². The average molecular weight is 300 g/mol. The van der Waals surface area contributed by atoms with Crippen LogP contribution in [0.1, 0.15) is 22.4 Å². The van der Waals surface area contributed by atoms with E-state index in [0.29, 0.717) is 13.2 Å². The molecule has 1 aliphatic carbocycles. The summed E-state index contributed by atoms with van der Waals surface area (Å²) in [6.07, 6.45) is 2.52. The topological polar surface area (TPSA) is 42.2 Å². The Morgan fingerprint density at radius 3 is 2.81 bits per heavy atom. The van der Waals surface area contributed by atoms with E-state index in [2.05, 4.69) is 22.0 Å². The fraction of sp³-hybridized carbons (Fsp3) is 0.545. The summed E-state index contributed by atoms with van der Waals surface area (Å²) in [6, 6.07) is 2.26. The van der Waals surface area contributed by atoms with Gasteiger partial charge in [-0.1, -0.05) is 0 Å². The molecule has 0 amide bonds. The maximum Gasteiger partial charge on any atom is 0.173 e. The number of ether oxygens (including phenoxy) is 2. The second-order valence-electron chi connectivity index (χ2n) is 4.05. The predicted molar refractivity (Wildman–Crippen MR) is 63.4 cm³/mol. The van der Waals surface area contributed by atoms with Crippen molar-refractivity contribution in [3.05, 3.63) is 19.8 Å². The number of halogens is 1. The second-order valence-corrected chi connectivity index (χ2v) is 6.47. The number of thiophene rings is 1. The Labute approximate surface area is 106 Å². The van der Waals surface area contributed by atoms with Crippen molar-refractivity contribution < 1.29 is 9.47 Å². The largest absolute Gasteiger partial charge is 0.347 e. The maximum absolute atomic E-state index is 9.08. The minimum absolute atomic E-state index is 0.399. The van der Waals surface area contributed by atoms with Gasteiger partial charge in [-0.2, -0.15) is 5.26 Å². The summed E-state index contributed by atoms with van der Waals surface area (Å²) >= 11 is 5.09. The second kappa shape index (κ2) is 3.81. The van der Waals surface area contributed by atoms with Crippen molar-refractivity contribution in [3.63, 3.8) is 0 Å². The van der Waals surface area contributed by atoms with E-state index in [1.165, 1.54) is 10.4 Å². The van der Waals surface area contributed by atoms with Crippen LogP contribution in [0.15, 0.2) is 3.79 Å². The van der Waals surface area contributed by atoms with E-state index in [9.17, 15) is 0 Å². The number of fused-ring (bicyclic) bond motifs is 1. The van der Waals surface area contributed by atoms with Crippen molar-refractivity contribution >= 4 is 27.3 Å². The van der Waals surface area contributed by atoms with E-state index < -0.39 is 5.79 Å². The summed E-state index contributed by atoms with van der Waals surface area (Å²) in [6.45, 7) is 1.37. The average Bonchev–Trinajstić information content (AvgIpc) is 2.82. The molecule has 0 saturated carbocycles. The lowest BCUT2D eigenvalue weighted by Crippen LogP contribution is -2.36. The van der Waals surface area contributed by atoms with Gasteiger partial charge in [-0.05, 0) is 27.9 Å². The molecule has 5 heteroatoms. The number of rotatable bonds is 0. The van der Waals surface area contributed by atoms with Gasteiger partial charge >= 0.3 is 0 Å². The van der Waals surface area contributed by atoms with E-state index in [4.69, 9.17) is 14.7 Å². The van der Waals surface area contributed by atoms with Crippen molar-refractivity contribution in [1.82, 2.24) is 0 Å². The molecule has 1 fully saturated rings. The molecule has 2 heterocycles. The molecule has 3 rings (SSSR count). The Kier molecular flexibility index (Phi) is 2.55. The summed E-state index contributed by atoms with van der Waals surface area (Å²) in [5.74, 6) is -0.399. The van der Waals surface area contributed by atoms with E-state index >= 15 is 0 Å². The van der Waals surface area contributed by atoms with Crippen LogP contribution in [0.5, 0.6) is 0 Å². The summed E-state index contributed by atoms with van der Waals surface area (Å²) in [5.41, 5.74) is 1.98. The van der Waals surface area contributed by atoms with Gasteiger partial charge in [0.1, 0.15) is 6.07 Å². The molecule has 2 aliphatic rings. The Bertz CT molecular complexity index is 471. The molecule has 1 spiro atoms. The molecule has 1 saturated heterocycles.